The van der Waals surface area contributed by atoms with E-state index in [1.54, 1.807) is 18.5 Å². The Labute approximate surface area is 113 Å². The van der Waals surface area contributed by atoms with E-state index < -0.39 is 0 Å². The highest BCUT2D eigenvalue weighted by Gasteiger charge is 2.06. The summed E-state index contributed by atoms with van der Waals surface area (Å²) < 4.78 is 0. The topological polar surface area (TPSA) is 51.6 Å². The smallest absolute Gasteiger partial charge is 0.193 e. The van der Waals surface area contributed by atoms with Crippen molar-refractivity contribution >= 4 is 35.1 Å². The Morgan fingerprint density at radius 1 is 1.12 bits per heavy atom. The van der Waals surface area contributed by atoms with E-state index in [1.807, 2.05) is 13.2 Å². The van der Waals surface area contributed by atoms with Crippen LogP contribution in [0.25, 0.3) is 0 Å². The fourth-order valence-electron chi connectivity index (χ4n) is 1.05. The predicted molar refractivity (Wildman–Crippen MR) is 69.7 cm³/mol. The van der Waals surface area contributed by atoms with Crippen LogP contribution in [-0.2, 0) is 0 Å². The van der Waals surface area contributed by atoms with Gasteiger partial charge in [-0.05, 0) is 30.5 Å². The Kier molecular flexibility index (Phi) is 4.20. The van der Waals surface area contributed by atoms with E-state index in [2.05, 4.69) is 19.9 Å². The third kappa shape index (κ3) is 3.55. The van der Waals surface area contributed by atoms with Crippen molar-refractivity contribution in [2.24, 2.45) is 0 Å². The molecule has 4 nitrogen and oxygen atoms in total. The molecule has 0 aliphatic carbocycles. The zero-order valence-corrected chi connectivity index (χ0v) is 11.6. The molecule has 0 unspecified atom stereocenters. The third-order valence-electron chi connectivity index (χ3n) is 1.79. The van der Waals surface area contributed by atoms with E-state index in [4.69, 9.17) is 11.6 Å². The lowest BCUT2D eigenvalue weighted by molar-refractivity contribution is 0.883. The van der Waals surface area contributed by atoms with Gasteiger partial charge in [-0.25, -0.2) is 19.9 Å². The largest absolute Gasteiger partial charge is 0.231 e. The Hall–Kier alpha value is -0.850. The van der Waals surface area contributed by atoms with Crippen molar-refractivity contribution in [1.82, 2.24) is 19.9 Å². The van der Waals surface area contributed by atoms with Gasteiger partial charge >= 0.3 is 0 Å². The van der Waals surface area contributed by atoms with E-state index in [0.717, 1.165) is 10.6 Å². The number of thioether (sulfide) groups is 1. The molecule has 0 N–H and O–H groups in total. The van der Waals surface area contributed by atoms with Crippen LogP contribution in [0.15, 0.2) is 33.8 Å². The average Bonchev–Trinajstić information content (AvgIpc) is 2.31. The molecule has 0 saturated carbocycles. The lowest BCUT2D eigenvalue weighted by Gasteiger charge is -2.02. The number of hydrogen-bond donors (Lipinski definition) is 0. The van der Waals surface area contributed by atoms with Gasteiger partial charge in [0.05, 0.1) is 0 Å². The fraction of sp³-hybridized carbons (Fsp3) is 0.200. The lowest BCUT2D eigenvalue weighted by Crippen LogP contribution is -1.91. The van der Waals surface area contributed by atoms with Crippen LogP contribution in [0.1, 0.15) is 5.56 Å². The number of hydrogen-bond acceptors (Lipinski definition) is 6. The summed E-state index contributed by atoms with van der Waals surface area (Å²) in [5, 5.41) is 2.47. The average molecular weight is 285 g/mol. The second-order valence-corrected chi connectivity index (χ2v) is 5.31. The zero-order chi connectivity index (χ0) is 12.3. The molecule has 0 saturated heterocycles. The van der Waals surface area contributed by atoms with Gasteiger partial charge in [-0.15, -0.1) is 0 Å². The molecular weight excluding hydrogens is 276 g/mol. The van der Waals surface area contributed by atoms with Gasteiger partial charge in [-0.3, -0.25) is 0 Å². The first-order chi connectivity index (χ1) is 8.17. The molecule has 0 aliphatic heterocycles. The van der Waals surface area contributed by atoms with Crippen molar-refractivity contribution in [3.8, 4) is 0 Å². The minimum atomic E-state index is 0.430. The van der Waals surface area contributed by atoms with Gasteiger partial charge in [0.15, 0.2) is 10.3 Å². The summed E-state index contributed by atoms with van der Waals surface area (Å²) in [4.78, 5) is 16.8. The van der Waals surface area contributed by atoms with Crippen molar-refractivity contribution in [3.05, 3.63) is 29.2 Å². The summed E-state index contributed by atoms with van der Waals surface area (Å²) in [6, 6.07) is 1.70. The molecule has 0 amide bonds. The summed E-state index contributed by atoms with van der Waals surface area (Å²) >= 11 is 8.72. The minimum Gasteiger partial charge on any atom is -0.231 e. The van der Waals surface area contributed by atoms with Gasteiger partial charge in [-0.2, -0.15) is 0 Å². The maximum Gasteiger partial charge on any atom is 0.193 e. The van der Waals surface area contributed by atoms with Crippen LogP contribution in [0.3, 0.4) is 0 Å². The first-order valence-electron chi connectivity index (χ1n) is 4.72. The predicted octanol–water partition coefficient (Wildman–Crippen LogP) is 3.10. The SMILES string of the molecule is CSc1nc(Cl)cc(Sc2ncc(C)cn2)n1. The Balaban J connectivity index is 2.23. The van der Waals surface area contributed by atoms with Crippen molar-refractivity contribution in [3.63, 3.8) is 0 Å². The fourth-order valence-corrected chi connectivity index (χ4v) is 2.48. The van der Waals surface area contributed by atoms with Crippen LogP contribution in [-0.4, -0.2) is 26.2 Å². The summed E-state index contributed by atoms with van der Waals surface area (Å²) in [5.74, 6) is 0. The number of halogens is 1. The second-order valence-electron chi connectivity index (χ2n) is 3.16. The summed E-state index contributed by atoms with van der Waals surface area (Å²) in [6.45, 7) is 1.95. The van der Waals surface area contributed by atoms with Crippen LogP contribution in [0.2, 0.25) is 5.15 Å². The van der Waals surface area contributed by atoms with E-state index in [-0.39, 0.29) is 0 Å². The minimum absolute atomic E-state index is 0.430. The molecule has 0 bridgehead atoms. The molecule has 7 heteroatoms. The first-order valence-corrected chi connectivity index (χ1v) is 7.14. The van der Waals surface area contributed by atoms with Gasteiger partial charge in [-0.1, -0.05) is 23.4 Å². The highest BCUT2D eigenvalue weighted by molar-refractivity contribution is 7.99. The van der Waals surface area contributed by atoms with Gasteiger partial charge in [0, 0.05) is 18.5 Å². The molecule has 2 rings (SSSR count). The zero-order valence-electron chi connectivity index (χ0n) is 9.22. The molecule has 0 aliphatic rings. The summed E-state index contributed by atoms with van der Waals surface area (Å²) in [6.07, 6.45) is 5.45. The first kappa shape index (κ1) is 12.6. The van der Waals surface area contributed by atoms with Crippen molar-refractivity contribution in [1.29, 1.82) is 0 Å². The number of rotatable bonds is 3. The van der Waals surface area contributed by atoms with Gasteiger partial charge in [0.2, 0.25) is 0 Å². The molecular formula is C10H9ClN4S2. The molecule has 0 atom stereocenters. The van der Waals surface area contributed by atoms with Crippen LogP contribution >= 0.6 is 35.1 Å². The third-order valence-corrected chi connectivity index (χ3v) is 3.34. The molecule has 2 heterocycles. The lowest BCUT2D eigenvalue weighted by atomic mass is 10.4. The number of nitrogens with zero attached hydrogens (tertiary/aromatic N) is 4. The van der Waals surface area contributed by atoms with Gasteiger partial charge in [0.1, 0.15) is 10.2 Å². The highest BCUT2D eigenvalue weighted by atomic mass is 35.5. The maximum atomic E-state index is 5.90. The molecule has 88 valence electrons. The van der Waals surface area contributed by atoms with Crippen molar-refractivity contribution in [2.75, 3.05) is 6.26 Å². The van der Waals surface area contributed by atoms with Crippen molar-refractivity contribution in [2.45, 2.75) is 22.3 Å². The summed E-state index contributed by atoms with van der Waals surface area (Å²) in [5.41, 5.74) is 1.03. The number of aromatic nitrogens is 4. The van der Waals surface area contributed by atoms with E-state index in [9.17, 15) is 0 Å². The maximum absolute atomic E-state index is 5.90. The van der Waals surface area contributed by atoms with Crippen LogP contribution in [0.4, 0.5) is 0 Å². The molecule has 2 aromatic heterocycles. The molecule has 0 aromatic carbocycles. The monoisotopic (exact) mass is 284 g/mol. The Morgan fingerprint density at radius 2 is 1.82 bits per heavy atom. The van der Waals surface area contributed by atoms with E-state index in [0.29, 0.717) is 15.5 Å². The molecule has 0 fully saturated rings. The van der Waals surface area contributed by atoms with Crippen molar-refractivity contribution < 1.29 is 0 Å². The summed E-state index contributed by atoms with van der Waals surface area (Å²) in [7, 11) is 0. The molecule has 17 heavy (non-hydrogen) atoms. The number of aryl methyl sites for hydroxylation is 1. The quantitative estimate of drug-likeness (QED) is 0.490. The molecule has 0 spiro atoms. The molecule has 2 aromatic rings. The van der Waals surface area contributed by atoms with Crippen LogP contribution in [0.5, 0.6) is 0 Å². The van der Waals surface area contributed by atoms with E-state index >= 15 is 0 Å². The van der Waals surface area contributed by atoms with Crippen LogP contribution < -0.4 is 0 Å². The Morgan fingerprint density at radius 3 is 2.47 bits per heavy atom. The normalized spacial score (nSPS) is 10.5. The second kappa shape index (κ2) is 5.66. The van der Waals surface area contributed by atoms with Gasteiger partial charge in [0.25, 0.3) is 0 Å². The highest BCUT2D eigenvalue weighted by Crippen LogP contribution is 2.26. The standard InChI is InChI=1S/C10H9ClN4S2/c1-6-4-12-9(13-5-6)17-8-3-7(11)14-10(15-8)16-2/h3-5H,1-2H3. The van der Waals surface area contributed by atoms with Gasteiger partial charge < -0.3 is 0 Å². The molecule has 0 radical (unpaired) electrons. The van der Waals surface area contributed by atoms with E-state index in [1.165, 1.54) is 23.5 Å². The Bertz CT molecular complexity index is 518. The van der Waals surface area contributed by atoms with Crippen LogP contribution in [0, 0.1) is 6.92 Å².